The number of nitrogens with zero attached hydrogens (tertiary/aromatic N) is 1. The van der Waals surface area contributed by atoms with Crippen LogP contribution in [0.15, 0.2) is 39.8 Å². The fraction of sp³-hybridized carbons (Fsp3) is 0.357. The Balaban J connectivity index is 2.13. The summed E-state index contributed by atoms with van der Waals surface area (Å²) in [5, 5.41) is 0. The van der Waals surface area contributed by atoms with Crippen LogP contribution in [-0.4, -0.2) is 5.91 Å². The number of hydrogen-bond donors (Lipinski definition) is 0. The van der Waals surface area contributed by atoms with Gasteiger partial charge >= 0.3 is 0 Å². The van der Waals surface area contributed by atoms with Crippen LogP contribution < -0.4 is 4.90 Å². The average Bonchev–Trinajstić information content (AvgIpc) is 2.35. The van der Waals surface area contributed by atoms with Gasteiger partial charge in [0.2, 0.25) is 5.91 Å². The number of carbonyl (C=O) groups is 1. The maximum absolute atomic E-state index is 11.9. The molecule has 1 aromatic rings. The molecular formula is C14H15NOS. The zero-order valence-electron chi connectivity index (χ0n) is 9.90. The number of rotatable bonds is 0. The lowest BCUT2D eigenvalue weighted by atomic mass is 10.0. The Morgan fingerprint density at radius 3 is 2.82 bits per heavy atom. The van der Waals surface area contributed by atoms with E-state index in [1.165, 1.54) is 28.3 Å². The van der Waals surface area contributed by atoms with E-state index in [1.54, 1.807) is 6.92 Å². The highest BCUT2D eigenvalue weighted by Crippen LogP contribution is 2.48. The zero-order chi connectivity index (χ0) is 11.8. The number of allylic oxidation sites excluding steroid dienone is 2. The Hall–Kier alpha value is -1.22. The van der Waals surface area contributed by atoms with E-state index in [9.17, 15) is 4.79 Å². The molecule has 1 amide bonds. The molecule has 0 radical (unpaired) electrons. The maximum Gasteiger partial charge on any atom is 0.228 e. The predicted molar refractivity (Wildman–Crippen MR) is 71.0 cm³/mol. The fourth-order valence-corrected chi connectivity index (χ4v) is 3.81. The van der Waals surface area contributed by atoms with Gasteiger partial charge in [0.1, 0.15) is 0 Å². The van der Waals surface area contributed by atoms with E-state index in [2.05, 4.69) is 6.07 Å². The molecule has 3 rings (SSSR count). The van der Waals surface area contributed by atoms with Gasteiger partial charge in [-0.3, -0.25) is 9.69 Å². The number of anilines is 1. The first-order valence-electron chi connectivity index (χ1n) is 6.07. The summed E-state index contributed by atoms with van der Waals surface area (Å²) >= 11 is 1.85. The van der Waals surface area contributed by atoms with Crippen molar-refractivity contribution >= 4 is 23.4 Å². The maximum atomic E-state index is 11.9. The minimum absolute atomic E-state index is 0.132. The Kier molecular flexibility index (Phi) is 2.71. The molecule has 3 heteroatoms. The van der Waals surface area contributed by atoms with Crippen LogP contribution in [0.25, 0.3) is 0 Å². The highest BCUT2D eigenvalue weighted by atomic mass is 32.2. The number of thioether (sulfide) groups is 1. The fourth-order valence-electron chi connectivity index (χ4n) is 2.57. The van der Waals surface area contributed by atoms with E-state index in [0.29, 0.717) is 0 Å². The minimum atomic E-state index is 0.132. The summed E-state index contributed by atoms with van der Waals surface area (Å²) in [4.78, 5) is 16.4. The molecule has 0 N–H and O–H groups in total. The van der Waals surface area contributed by atoms with Crippen LogP contribution in [0.3, 0.4) is 0 Å². The molecule has 0 saturated heterocycles. The zero-order valence-corrected chi connectivity index (χ0v) is 10.7. The van der Waals surface area contributed by atoms with Crippen LogP contribution in [-0.2, 0) is 4.79 Å². The van der Waals surface area contributed by atoms with Gasteiger partial charge in [-0.2, -0.15) is 0 Å². The third-order valence-electron chi connectivity index (χ3n) is 3.31. The average molecular weight is 245 g/mol. The van der Waals surface area contributed by atoms with Crippen LogP contribution in [0.2, 0.25) is 0 Å². The molecule has 0 unspecified atom stereocenters. The number of carbonyl (C=O) groups excluding carboxylic acids is 1. The topological polar surface area (TPSA) is 20.3 Å². The number of hydrogen-bond acceptors (Lipinski definition) is 2. The Morgan fingerprint density at radius 1 is 1.24 bits per heavy atom. The Morgan fingerprint density at radius 2 is 2.00 bits per heavy atom. The van der Waals surface area contributed by atoms with Crippen LogP contribution in [0.5, 0.6) is 0 Å². The molecule has 88 valence electrons. The Bertz CT molecular complexity index is 507. The largest absolute Gasteiger partial charge is 0.283 e. The minimum Gasteiger partial charge on any atom is -0.283 e. The van der Waals surface area contributed by atoms with E-state index < -0.39 is 0 Å². The van der Waals surface area contributed by atoms with Crippen molar-refractivity contribution < 1.29 is 4.79 Å². The van der Waals surface area contributed by atoms with Crippen molar-refractivity contribution in [3.8, 4) is 0 Å². The van der Waals surface area contributed by atoms with E-state index >= 15 is 0 Å². The molecule has 0 spiro atoms. The number of fused-ring (bicyclic) bond motifs is 1. The van der Waals surface area contributed by atoms with Gasteiger partial charge < -0.3 is 0 Å². The van der Waals surface area contributed by atoms with E-state index in [4.69, 9.17) is 0 Å². The van der Waals surface area contributed by atoms with Gasteiger partial charge in [-0.1, -0.05) is 23.9 Å². The summed E-state index contributed by atoms with van der Waals surface area (Å²) < 4.78 is 0. The molecule has 1 aliphatic carbocycles. The highest BCUT2D eigenvalue weighted by Gasteiger charge is 2.29. The second-order valence-corrected chi connectivity index (χ2v) is 5.64. The molecular weight excluding hydrogens is 230 g/mol. The summed E-state index contributed by atoms with van der Waals surface area (Å²) in [6.07, 6.45) is 4.61. The third kappa shape index (κ3) is 1.78. The van der Waals surface area contributed by atoms with Gasteiger partial charge in [0.15, 0.2) is 0 Å². The van der Waals surface area contributed by atoms with Crippen LogP contribution in [0.4, 0.5) is 5.69 Å². The van der Waals surface area contributed by atoms with Crippen molar-refractivity contribution in [1.82, 2.24) is 0 Å². The molecule has 2 aliphatic rings. The van der Waals surface area contributed by atoms with Crippen LogP contribution in [0.1, 0.15) is 32.6 Å². The molecule has 0 fully saturated rings. The number of benzene rings is 1. The van der Waals surface area contributed by atoms with E-state index in [1.807, 2.05) is 34.9 Å². The summed E-state index contributed by atoms with van der Waals surface area (Å²) in [5.74, 6) is 0.132. The molecule has 0 saturated carbocycles. The summed E-state index contributed by atoms with van der Waals surface area (Å²) in [6, 6.07) is 8.19. The quantitative estimate of drug-likeness (QED) is 0.690. The van der Waals surface area contributed by atoms with Crippen molar-refractivity contribution in [2.75, 3.05) is 4.90 Å². The van der Waals surface area contributed by atoms with Gasteiger partial charge in [-0.05, 0) is 37.8 Å². The standard InChI is InChI=1S/C14H15NOS/c1-10(16)15-11-6-2-4-8-13(11)17-14-9-5-3-7-12(14)15/h2,4,6,8H,3,5,7,9H2,1H3. The highest BCUT2D eigenvalue weighted by molar-refractivity contribution is 8.03. The van der Waals surface area contributed by atoms with Crippen molar-refractivity contribution in [2.24, 2.45) is 0 Å². The third-order valence-corrected chi connectivity index (χ3v) is 4.56. The number of amides is 1. The smallest absolute Gasteiger partial charge is 0.228 e. The van der Waals surface area contributed by atoms with Crippen LogP contribution in [0, 0.1) is 0 Å². The second-order valence-electron chi connectivity index (χ2n) is 4.50. The van der Waals surface area contributed by atoms with Gasteiger partial charge in [-0.25, -0.2) is 0 Å². The lowest BCUT2D eigenvalue weighted by Crippen LogP contribution is -2.31. The first-order valence-corrected chi connectivity index (χ1v) is 6.88. The number of para-hydroxylation sites is 1. The van der Waals surface area contributed by atoms with Crippen molar-refractivity contribution in [2.45, 2.75) is 37.5 Å². The van der Waals surface area contributed by atoms with Crippen molar-refractivity contribution in [1.29, 1.82) is 0 Å². The first kappa shape index (κ1) is 10.9. The predicted octanol–water partition coefficient (Wildman–Crippen LogP) is 3.93. The van der Waals surface area contributed by atoms with Gasteiger partial charge in [0.05, 0.1) is 5.69 Å². The monoisotopic (exact) mass is 245 g/mol. The summed E-state index contributed by atoms with van der Waals surface area (Å²) in [7, 11) is 0. The molecule has 1 aromatic carbocycles. The van der Waals surface area contributed by atoms with E-state index in [-0.39, 0.29) is 5.91 Å². The van der Waals surface area contributed by atoms with E-state index in [0.717, 1.165) is 18.5 Å². The van der Waals surface area contributed by atoms with Crippen LogP contribution >= 0.6 is 11.8 Å². The second kappa shape index (κ2) is 4.22. The lowest BCUT2D eigenvalue weighted by molar-refractivity contribution is -0.116. The molecule has 2 nitrogen and oxygen atoms in total. The summed E-state index contributed by atoms with van der Waals surface area (Å²) in [5.41, 5.74) is 2.30. The molecule has 0 atom stereocenters. The summed E-state index contributed by atoms with van der Waals surface area (Å²) in [6.45, 7) is 1.66. The van der Waals surface area contributed by atoms with Gasteiger partial charge in [0.25, 0.3) is 0 Å². The molecule has 17 heavy (non-hydrogen) atoms. The lowest BCUT2D eigenvalue weighted by Gasteiger charge is -2.35. The molecule has 1 aliphatic heterocycles. The molecule has 0 bridgehead atoms. The van der Waals surface area contributed by atoms with Crippen molar-refractivity contribution in [3.63, 3.8) is 0 Å². The SMILES string of the molecule is CC(=O)N1C2=C(CCCC2)Sc2ccccc21. The van der Waals surface area contributed by atoms with Crippen molar-refractivity contribution in [3.05, 3.63) is 34.9 Å². The van der Waals surface area contributed by atoms with Gasteiger partial charge in [0, 0.05) is 22.4 Å². The van der Waals surface area contributed by atoms with Gasteiger partial charge in [-0.15, -0.1) is 0 Å². The molecule has 1 heterocycles. The first-order chi connectivity index (χ1) is 8.27. The Labute approximate surface area is 106 Å². The normalized spacial score (nSPS) is 18.8. The molecule has 0 aromatic heterocycles.